The number of fused-ring (bicyclic) bond motifs is 1. The molecule has 1 aliphatic heterocycles. The summed E-state index contributed by atoms with van der Waals surface area (Å²) in [5.74, 6) is 0.995. The number of hydrogen-bond acceptors (Lipinski definition) is 2. The van der Waals surface area contributed by atoms with Crippen molar-refractivity contribution in [2.24, 2.45) is 5.92 Å². The average molecular weight is 258 g/mol. The molecule has 0 radical (unpaired) electrons. The quantitative estimate of drug-likeness (QED) is 0.892. The van der Waals surface area contributed by atoms with Gasteiger partial charge in [0.2, 0.25) is 0 Å². The van der Waals surface area contributed by atoms with Crippen molar-refractivity contribution in [2.45, 2.75) is 51.2 Å². The minimum Gasteiger partial charge on any atom is -0.316 e. The largest absolute Gasteiger partial charge is 0.316 e. The van der Waals surface area contributed by atoms with Crippen molar-refractivity contribution in [2.75, 3.05) is 13.6 Å². The lowest BCUT2D eigenvalue weighted by Gasteiger charge is -2.37. The molecule has 1 saturated heterocycles. The highest BCUT2D eigenvalue weighted by Gasteiger charge is 2.34. The normalized spacial score (nSPS) is 27.4. The smallest absolute Gasteiger partial charge is 0.0236 e. The Kier molecular flexibility index (Phi) is 4.19. The molecule has 2 heteroatoms. The Labute approximate surface area is 117 Å². The van der Waals surface area contributed by atoms with Gasteiger partial charge < -0.3 is 5.32 Å². The van der Waals surface area contributed by atoms with Gasteiger partial charge in [-0.3, -0.25) is 4.90 Å². The van der Waals surface area contributed by atoms with Crippen LogP contribution in [0.3, 0.4) is 0 Å². The van der Waals surface area contributed by atoms with Gasteiger partial charge in [0.15, 0.2) is 0 Å². The number of likely N-dealkylation sites (tertiary alicyclic amines) is 1. The Morgan fingerprint density at radius 2 is 2.00 bits per heavy atom. The molecule has 2 nitrogen and oxygen atoms in total. The molecule has 0 spiro atoms. The Balaban J connectivity index is 1.68. The molecule has 2 unspecified atom stereocenters. The summed E-state index contributed by atoms with van der Waals surface area (Å²) in [6.07, 6.45) is 7.23. The highest BCUT2D eigenvalue weighted by molar-refractivity contribution is 5.23. The van der Waals surface area contributed by atoms with Crippen molar-refractivity contribution >= 4 is 0 Å². The van der Waals surface area contributed by atoms with Gasteiger partial charge in [0.25, 0.3) is 0 Å². The molecular weight excluding hydrogens is 232 g/mol. The van der Waals surface area contributed by atoms with Gasteiger partial charge in [0.1, 0.15) is 0 Å². The average Bonchev–Trinajstić information content (AvgIpc) is 2.89. The Morgan fingerprint density at radius 1 is 1.16 bits per heavy atom. The lowest BCUT2D eigenvalue weighted by molar-refractivity contribution is 0.106. The van der Waals surface area contributed by atoms with Crippen LogP contribution in [0.2, 0.25) is 0 Å². The second kappa shape index (κ2) is 6.06. The van der Waals surface area contributed by atoms with Crippen molar-refractivity contribution < 1.29 is 0 Å². The third-order valence-electron chi connectivity index (χ3n) is 4.87. The first kappa shape index (κ1) is 13.1. The van der Waals surface area contributed by atoms with E-state index < -0.39 is 0 Å². The van der Waals surface area contributed by atoms with Crippen LogP contribution in [-0.4, -0.2) is 24.5 Å². The van der Waals surface area contributed by atoms with Crippen LogP contribution < -0.4 is 5.32 Å². The monoisotopic (exact) mass is 258 g/mol. The molecule has 0 bridgehead atoms. The molecule has 0 amide bonds. The zero-order valence-electron chi connectivity index (χ0n) is 12.1. The number of benzene rings is 1. The summed E-state index contributed by atoms with van der Waals surface area (Å²) in [5, 5.41) is 3.24. The second-order valence-corrected chi connectivity index (χ2v) is 6.22. The maximum Gasteiger partial charge on any atom is 0.0236 e. The molecule has 1 aromatic carbocycles. The van der Waals surface area contributed by atoms with E-state index in [1.54, 1.807) is 0 Å². The van der Waals surface area contributed by atoms with Gasteiger partial charge in [0, 0.05) is 19.1 Å². The maximum absolute atomic E-state index is 3.24. The third kappa shape index (κ3) is 3.01. The van der Waals surface area contributed by atoms with E-state index in [-0.39, 0.29) is 0 Å². The van der Waals surface area contributed by atoms with E-state index in [2.05, 4.69) is 34.5 Å². The number of hydrogen-bond donors (Lipinski definition) is 1. The van der Waals surface area contributed by atoms with Crippen LogP contribution in [0.5, 0.6) is 0 Å². The van der Waals surface area contributed by atoms with E-state index in [4.69, 9.17) is 0 Å². The summed E-state index contributed by atoms with van der Waals surface area (Å²) in [5.41, 5.74) is 2.89. The van der Waals surface area contributed by atoms with Crippen LogP contribution in [0.15, 0.2) is 24.3 Å². The predicted molar refractivity (Wildman–Crippen MR) is 80.0 cm³/mol. The Morgan fingerprint density at radius 3 is 2.89 bits per heavy atom. The molecule has 0 aromatic heterocycles. The molecule has 104 valence electrons. The number of piperidine rings is 1. The van der Waals surface area contributed by atoms with E-state index in [1.807, 2.05) is 7.05 Å². The van der Waals surface area contributed by atoms with Gasteiger partial charge in [-0.25, -0.2) is 0 Å². The van der Waals surface area contributed by atoms with Crippen LogP contribution in [0, 0.1) is 5.92 Å². The minimum absolute atomic E-state index is 0.877. The second-order valence-electron chi connectivity index (χ2n) is 6.22. The van der Waals surface area contributed by atoms with E-state index in [0.717, 1.165) is 25.0 Å². The molecule has 2 atom stereocenters. The van der Waals surface area contributed by atoms with Crippen LogP contribution in [0.4, 0.5) is 0 Å². The Bertz CT molecular complexity index is 415. The number of nitrogens with one attached hydrogen (secondary N) is 1. The van der Waals surface area contributed by atoms with Crippen molar-refractivity contribution in [1.29, 1.82) is 0 Å². The van der Waals surface area contributed by atoms with Gasteiger partial charge in [0.05, 0.1) is 0 Å². The highest BCUT2D eigenvalue weighted by Crippen LogP contribution is 2.37. The molecule has 2 fully saturated rings. The highest BCUT2D eigenvalue weighted by atomic mass is 15.2. The molecule has 1 saturated carbocycles. The summed E-state index contributed by atoms with van der Waals surface area (Å²) in [7, 11) is 2.01. The number of nitrogens with zero attached hydrogens (tertiary/aromatic N) is 1. The van der Waals surface area contributed by atoms with E-state index in [0.29, 0.717) is 0 Å². The van der Waals surface area contributed by atoms with Crippen molar-refractivity contribution in [3.8, 4) is 0 Å². The minimum atomic E-state index is 0.877. The fourth-order valence-electron chi connectivity index (χ4n) is 4.03. The summed E-state index contributed by atoms with van der Waals surface area (Å²) in [6.45, 7) is 3.43. The summed E-state index contributed by atoms with van der Waals surface area (Å²) in [4.78, 5) is 2.75. The lowest BCUT2D eigenvalue weighted by atomic mass is 9.91. The maximum atomic E-state index is 3.24. The van der Waals surface area contributed by atoms with E-state index in [1.165, 1.54) is 49.8 Å². The van der Waals surface area contributed by atoms with Crippen molar-refractivity contribution in [1.82, 2.24) is 10.2 Å². The van der Waals surface area contributed by atoms with Gasteiger partial charge in [-0.2, -0.15) is 0 Å². The fourth-order valence-corrected chi connectivity index (χ4v) is 4.03. The fraction of sp³-hybridized carbons (Fsp3) is 0.647. The SMILES string of the molecule is CNCc1cccc(CN2CCCC3CCCC32)c1. The molecule has 1 aromatic rings. The molecule has 1 heterocycles. The zero-order valence-corrected chi connectivity index (χ0v) is 12.1. The first-order valence-corrected chi connectivity index (χ1v) is 7.83. The molecular formula is C17H26N2. The van der Waals surface area contributed by atoms with E-state index >= 15 is 0 Å². The topological polar surface area (TPSA) is 15.3 Å². The Hall–Kier alpha value is -0.860. The van der Waals surface area contributed by atoms with Gasteiger partial charge in [-0.1, -0.05) is 30.7 Å². The van der Waals surface area contributed by atoms with Crippen LogP contribution in [0.25, 0.3) is 0 Å². The zero-order chi connectivity index (χ0) is 13.1. The standard InChI is InChI=1S/C17H26N2/c1-18-12-14-5-2-6-15(11-14)13-19-10-4-8-16-7-3-9-17(16)19/h2,5-6,11,16-18H,3-4,7-10,12-13H2,1H3. The van der Waals surface area contributed by atoms with E-state index in [9.17, 15) is 0 Å². The first-order valence-electron chi connectivity index (χ1n) is 7.83. The third-order valence-corrected chi connectivity index (χ3v) is 4.87. The van der Waals surface area contributed by atoms with Gasteiger partial charge in [-0.05, 0) is 56.3 Å². The summed E-state index contributed by atoms with van der Waals surface area (Å²) in [6, 6.07) is 9.96. The first-order chi connectivity index (χ1) is 9.36. The van der Waals surface area contributed by atoms with Crippen molar-refractivity contribution in [3.05, 3.63) is 35.4 Å². The van der Waals surface area contributed by atoms with Crippen molar-refractivity contribution in [3.63, 3.8) is 0 Å². The number of rotatable bonds is 4. The summed E-state index contributed by atoms with van der Waals surface area (Å²) < 4.78 is 0. The predicted octanol–water partition coefficient (Wildman–Crippen LogP) is 3.17. The van der Waals surface area contributed by atoms with Crippen LogP contribution >= 0.6 is 0 Å². The molecule has 2 aliphatic rings. The van der Waals surface area contributed by atoms with Gasteiger partial charge in [-0.15, -0.1) is 0 Å². The van der Waals surface area contributed by atoms with Crippen LogP contribution in [-0.2, 0) is 13.1 Å². The molecule has 3 rings (SSSR count). The molecule has 1 N–H and O–H groups in total. The lowest BCUT2D eigenvalue weighted by Crippen LogP contribution is -2.41. The molecule has 1 aliphatic carbocycles. The summed E-state index contributed by atoms with van der Waals surface area (Å²) >= 11 is 0. The van der Waals surface area contributed by atoms with Gasteiger partial charge >= 0.3 is 0 Å². The van der Waals surface area contributed by atoms with Crippen LogP contribution in [0.1, 0.15) is 43.2 Å². The molecule has 19 heavy (non-hydrogen) atoms.